The molecule has 120 valence electrons. The molecule has 1 heterocycles. The molecule has 0 aromatic carbocycles. The van der Waals surface area contributed by atoms with Gasteiger partial charge in [-0.25, -0.2) is 9.97 Å². The average Bonchev–Trinajstić information content (AvgIpc) is 2.22. The molecule has 2 N–H and O–H groups in total. The zero-order chi connectivity index (χ0) is 16.5. The minimum atomic E-state index is -4.57. The van der Waals surface area contributed by atoms with E-state index < -0.39 is 12.0 Å². The minimum Gasteiger partial charge on any atom is -0.373 e. The predicted molar refractivity (Wildman–Crippen MR) is 78.4 cm³/mol. The first-order chi connectivity index (χ1) is 9.32. The summed E-state index contributed by atoms with van der Waals surface area (Å²) in [6.45, 7) is 10.1. The molecule has 0 aliphatic rings. The SMILES string of the molecule is CNc1cc(NC(C)(C)CC(C)(C)C)nc(C(F)(F)F)n1. The van der Waals surface area contributed by atoms with Gasteiger partial charge in [-0.1, -0.05) is 20.8 Å². The lowest BCUT2D eigenvalue weighted by Crippen LogP contribution is -2.36. The van der Waals surface area contributed by atoms with E-state index in [4.69, 9.17) is 0 Å². The van der Waals surface area contributed by atoms with Gasteiger partial charge >= 0.3 is 6.18 Å². The van der Waals surface area contributed by atoms with Gasteiger partial charge in [0.05, 0.1) is 0 Å². The fraction of sp³-hybridized carbons (Fsp3) is 0.714. The molecular formula is C14H23F3N4. The van der Waals surface area contributed by atoms with Crippen LogP contribution >= 0.6 is 0 Å². The maximum Gasteiger partial charge on any atom is 0.451 e. The number of aromatic nitrogens is 2. The Morgan fingerprint density at radius 2 is 1.52 bits per heavy atom. The first kappa shape index (κ1) is 17.5. The third kappa shape index (κ3) is 5.77. The van der Waals surface area contributed by atoms with Crippen LogP contribution in [-0.2, 0) is 6.18 Å². The van der Waals surface area contributed by atoms with Crippen LogP contribution in [0, 0.1) is 5.41 Å². The van der Waals surface area contributed by atoms with Gasteiger partial charge in [0.15, 0.2) is 0 Å². The summed E-state index contributed by atoms with van der Waals surface area (Å²) in [5.74, 6) is -0.856. The van der Waals surface area contributed by atoms with Crippen molar-refractivity contribution >= 4 is 11.6 Å². The Morgan fingerprint density at radius 3 is 1.95 bits per heavy atom. The van der Waals surface area contributed by atoms with E-state index in [0.29, 0.717) is 0 Å². The van der Waals surface area contributed by atoms with E-state index in [1.165, 1.54) is 13.1 Å². The van der Waals surface area contributed by atoms with Gasteiger partial charge in [-0.3, -0.25) is 0 Å². The molecular weight excluding hydrogens is 281 g/mol. The topological polar surface area (TPSA) is 49.8 Å². The molecule has 0 unspecified atom stereocenters. The Hall–Kier alpha value is -1.53. The zero-order valence-electron chi connectivity index (χ0n) is 13.3. The lowest BCUT2D eigenvalue weighted by atomic mass is 9.82. The molecule has 4 nitrogen and oxygen atoms in total. The lowest BCUT2D eigenvalue weighted by molar-refractivity contribution is -0.144. The molecule has 1 aromatic rings. The smallest absolute Gasteiger partial charge is 0.373 e. The van der Waals surface area contributed by atoms with Crippen LogP contribution in [0.4, 0.5) is 24.8 Å². The number of anilines is 2. The van der Waals surface area contributed by atoms with Crippen LogP contribution < -0.4 is 10.6 Å². The second-order valence-corrected chi connectivity index (χ2v) is 6.96. The predicted octanol–water partition coefficient (Wildman–Crippen LogP) is 4.16. The molecule has 0 fully saturated rings. The second kappa shape index (κ2) is 5.69. The second-order valence-electron chi connectivity index (χ2n) is 6.96. The molecule has 0 saturated carbocycles. The van der Waals surface area contributed by atoms with Gasteiger partial charge in [0.2, 0.25) is 5.82 Å². The molecule has 21 heavy (non-hydrogen) atoms. The van der Waals surface area contributed by atoms with Crippen molar-refractivity contribution in [2.24, 2.45) is 5.41 Å². The summed E-state index contributed by atoms with van der Waals surface area (Å²) in [5, 5.41) is 5.69. The fourth-order valence-corrected chi connectivity index (χ4v) is 2.48. The van der Waals surface area contributed by atoms with Gasteiger partial charge < -0.3 is 10.6 Å². The number of alkyl halides is 3. The molecule has 0 bridgehead atoms. The Bertz CT molecular complexity index is 490. The molecule has 0 radical (unpaired) electrons. The van der Waals surface area contributed by atoms with Crippen molar-refractivity contribution in [1.29, 1.82) is 0 Å². The molecule has 7 heteroatoms. The summed E-state index contributed by atoms with van der Waals surface area (Å²) in [7, 11) is 1.52. The summed E-state index contributed by atoms with van der Waals surface area (Å²) >= 11 is 0. The Kier molecular flexibility index (Phi) is 4.75. The molecule has 1 aromatic heterocycles. The maximum atomic E-state index is 12.8. The van der Waals surface area contributed by atoms with Crippen molar-refractivity contribution in [3.8, 4) is 0 Å². The van der Waals surface area contributed by atoms with Gasteiger partial charge in [0, 0.05) is 18.7 Å². The maximum absolute atomic E-state index is 12.8. The third-order valence-electron chi connectivity index (χ3n) is 2.67. The molecule has 0 atom stereocenters. The van der Waals surface area contributed by atoms with Gasteiger partial charge in [-0.2, -0.15) is 13.2 Å². The van der Waals surface area contributed by atoms with Crippen LogP contribution in [0.3, 0.4) is 0 Å². The Labute approximate surface area is 123 Å². The number of hydrogen-bond acceptors (Lipinski definition) is 4. The molecule has 0 saturated heterocycles. The van der Waals surface area contributed by atoms with Crippen molar-refractivity contribution in [1.82, 2.24) is 9.97 Å². The lowest BCUT2D eigenvalue weighted by Gasteiger charge is -2.34. The number of rotatable bonds is 4. The van der Waals surface area contributed by atoms with E-state index >= 15 is 0 Å². The molecule has 0 aliphatic carbocycles. The van der Waals surface area contributed by atoms with Crippen LogP contribution in [0.1, 0.15) is 46.9 Å². The first-order valence-corrected chi connectivity index (χ1v) is 6.75. The summed E-state index contributed by atoms with van der Waals surface area (Å²) in [6, 6.07) is 1.47. The molecule has 0 aliphatic heterocycles. The van der Waals surface area contributed by atoms with E-state index in [-0.39, 0.29) is 22.6 Å². The Morgan fingerprint density at radius 1 is 1.00 bits per heavy atom. The summed E-state index contributed by atoms with van der Waals surface area (Å²) < 4.78 is 38.4. The third-order valence-corrected chi connectivity index (χ3v) is 2.67. The Balaban J connectivity index is 3.08. The van der Waals surface area contributed by atoms with Crippen LogP contribution in [0.2, 0.25) is 0 Å². The standard InChI is InChI=1S/C14H23F3N4/c1-12(2,3)8-13(4,5)21-10-7-9(18-6)19-11(20-10)14(15,16)17/h7H,8H2,1-6H3,(H2,18,19,20,21). The quantitative estimate of drug-likeness (QED) is 0.877. The van der Waals surface area contributed by atoms with Crippen molar-refractivity contribution in [2.45, 2.75) is 52.8 Å². The van der Waals surface area contributed by atoms with Crippen molar-refractivity contribution in [2.75, 3.05) is 17.7 Å². The highest BCUT2D eigenvalue weighted by atomic mass is 19.4. The highest BCUT2D eigenvalue weighted by molar-refractivity contribution is 5.48. The number of nitrogens with zero attached hydrogens (tertiary/aromatic N) is 2. The molecule has 1 rings (SSSR count). The number of nitrogens with one attached hydrogen (secondary N) is 2. The van der Waals surface area contributed by atoms with E-state index in [9.17, 15) is 13.2 Å². The van der Waals surface area contributed by atoms with Crippen molar-refractivity contribution < 1.29 is 13.2 Å². The van der Waals surface area contributed by atoms with Crippen molar-refractivity contribution in [3.63, 3.8) is 0 Å². The normalized spacial score (nSPS) is 13.2. The van der Waals surface area contributed by atoms with Gasteiger partial charge in [0.25, 0.3) is 0 Å². The first-order valence-electron chi connectivity index (χ1n) is 6.75. The minimum absolute atomic E-state index is 0.0439. The van der Waals surface area contributed by atoms with Crippen molar-refractivity contribution in [3.05, 3.63) is 11.9 Å². The van der Waals surface area contributed by atoms with Crippen LogP contribution in [0.25, 0.3) is 0 Å². The van der Waals surface area contributed by atoms with Crippen LogP contribution in [0.5, 0.6) is 0 Å². The average molecular weight is 304 g/mol. The van der Waals surface area contributed by atoms with Crippen LogP contribution in [0.15, 0.2) is 6.07 Å². The summed E-state index contributed by atoms with van der Waals surface area (Å²) in [6.07, 6.45) is -3.79. The van der Waals surface area contributed by atoms with E-state index in [2.05, 4.69) is 41.4 Å². The van der Waals surface area contributed by atoms with E-state index in [0.717, 1.165) is 6.42 Å². The summed E-state index contributed by atoms with van der Waals surface area (Å²) in [4.78, 5) is 7.02. The van der Waals surface area contributed by atoms with Gasteiger partial charge in [-0.15, -0.1) is 0 Å². The van der Waals surface area contributed by atoms with E-state index in [1.807, 2.05) is 13.8 Å². The van der Waals surface area contributed by atoms with Gasteiger partial charge in [-0.05, 0) is 25.7 Å². The largest absolute Gasteiger partial charge is 0.451 e. The number of hydrogen-bond donors (Lipinski definition) is 2. The molecule has 0 spiro atoms. The van der Waals surface area contributed by atoms with Gasteiger partial charge in [0.1, 0.15) is 11.6 Å². The zero-order valence-corrected chi connectivity index (χ0v) is 13.3. The number of halogens is 3. The highest BCUT2D eigenvalue weighted by Gasteiger charge is 2.36. The summed E-state index contributed by atoms with van der Waals surface area (Å²) in [5.41, 5.74) is -0.345. The van der Waals surface area contributed by atoms with Crippen LogP contribution in [-0.4, -0.2) is 22.6 Å². The fourth-order valence-electron chi connectivity index (χ4n) is 2.48. The monoisotopic (exact) mass is 304 g/mol. The highest BCUT2D eigenvalue weighted by Crippen LogP contribution is 2.32. The van der Waals surface area contributed by atoms with E-state index in [1.54, 1.807) is 0 Å². The molecule has 0 amide bonds.